The Labute approximate surface area is 85.8 Å². The Morgan fingerprint density at radius 2 is 1.92 bits per heavy atom. The van der Waals surface area contributed by atoms with Crippen molar-refractivity contribution in [3.05, 3.63) is 12.2 Å². The molecule has 0 aromatic carbocycles. The number of thioether (sulfide) groups is 1. The number of hydrogen-bond donors (Lipinski definition) is 0. The van der Waals surface area contributed by atoms with Gasteiger partial charge in [0, 0.05) is 17.4 Å². The normalized spacial score (nSPS) is 12.7. The van der Waals surface area contributed by atoms with E-state index in [1.165, 1.54) is 0 Å². The summed E-state index contributed by atoms with van der Waals surface area (Å²) in [7, 11) is 0. The molecule has 0 aliphatic heterocycles. The summed E-state index contributed by atoms with van der Waals surface area (Å²) < 4.78 is 0. The van der Waals surface area contributed by atoms with Crippen molar-refractivity contribution < 1.29 is 0 Å². The molecule has 0 atom stereocenters. The van der Waals surface area contributed by atoms with Crippen molar-refractivity contribution in [1.29, 1.82) is 0 Å². The molecule has 0 nitrogen and oxygen atoms in total. The van der Waals surface area contributed by atoms with E-state index in [9.17, 15) is 0 Å². The van der Waals surface area contributed by atoms with Gasteiger partial charge in [-0.25, -0.2) is 0 Å². The fraction of sp³-hybridized carbons (Fsp3) is 0.800. The molecule has 0 heterocycles. The Morgan fingerprint density at radius 3 is 2.42 bits per heavy atom. The average molecular weight is 207 g/mol. The van der Waals surface area contributed by atoms with E-state index in [2.05, 4.69) is 32.9 Å². The summed E-state index contributed by atoms with van der Waals surface area (Å²) in [5, 5.41) is 0. The fourth-order valence-electron chi connectivity index (χ4n) is 0.711. The summed E-state index contributed by atoms with van der Waals surface area (Å²) in [6.45, 7) is 6.76. The summed E-state index contributed by atoms with van der Waals surface area (Å²) >= 11 is 7.43. The largest absolute Gasteiger partial charge is 0.157 e. The second-order valence-corrected chi connectivity index (χ2v) is 5.53. The van der Waals surface area contributed by atoms with Gasteiger partial charge in [0.1, 0.15) is 0 Å². The molecule has 2 heteroatoms. The molecule has 0 N–H and O–H groups in total. The minimum absolute atomic E-state index is 0.424. The van der Waals surface area contributed by atoms with Crippen LogP contribution in [0.25, 0.3) is 0 Å². The zero-order chi connectivity index (χ0) is 9.45. The fourth-order valence-corrected chi connectivity index (χ4v) is 1.59. The molecule has 0 radical (unpaired) electrons. The average Bonchev–Trinajstić information content (AvgIpc) is 1.94. The van der Waals surface area contributed by atoms with Crippen LogP contribution in [0.15, 0.2) is 12.2 Å². The Bertz CT molecular complexity index is 124. The number of alkyl halides is 1. The second-order valence-electron chi connectivity index (χ2n) is 4.00. The van der Waals surface area contributed by atoms with Gasteiger partial charge in [0.15, 0.2) is 0 Å². The maximum atomic E-state index is 5.54. The summed E-state index contributed by atoms with van der Waals surface area (Å²) in [6.07, 6.45) is 5.66. The van der Waals surface area contributed by atoms with Gasteiger partial charge in [-0.2, -0.15) is 11.8 Å². The first-order valence-corrected chi connectivity index (χ1v) is 6.04. The Kier molecular flexibility index (Phi) is 7.07. The van der Waals surface area contributed by atoms with E-state index in [-0.39, 0.29) is 0 Å². The van der Waals surface area contributed by atoms with Gasteiger partial charge in [-0.15, -0.1) is 11.6 Å². The smallest absolute Gasteiger partial charge is 0.0314 e. The van der Waals surface area contributed by atoms with E-state index >= 15 is 0 Å². The van der Waals surface area contributed by atoms with Crippen molar-refractivity contribution in [2.45, 2.75) is 27.2 Å². The van der Waals surface area contributed by atoms with Crippen LogP contribution in [0, 0.1) is 5.41 Å². The van der Waals surface area contributed by atoms with Gasteiger partial charge in [-0.05, 0) is 11.8 Å². The van der Waals surface area contributed by atoms with Crippen molar-refractivity contribution in [1.82, 2.24) is 0 Å². The minimum Gasteiger partial charge on any atom is -0.157 e. The lowest BCUT2D eigenvalue weighted by atomic mass is 9.92. The first kappa shape index (κ1) is 12.4. The van der Waals surface area contributed by atoms with Gasteiger partial charge in [-0.1, -0.05) is 32.9 Å². The minimum atomic E-state index is 0.424. The molecule has 0 aliphatic rings. The van der Waals surface area contributed by atoms with Crippen LogP contribution >= 0.6 is 23.4 Å². The van der Waals surface area contributed by atoms with Crippen LogP contribution in [0.5, 0.6) is 0 Å². The third-order valence-corrected chi connectivity index (χ3v) is 2.67. The zero-order valence-electron chi connectivity index (χ0n) is 8.27. The molecule has 0 saturated heterocycles. The second kappa shape index (κ2) is 6.85. The molecular formula is C10H19ClS. The lowest BCUT2D eigenvalue weighted by Crippen LogP contribution is -2.01. The van der Waals surface area contributed by atoms with Crippen LogP contribution in [0.4, 0.5) is 0 Å². The van der Waals surface area contributed by atoms with Crippen molar-refractivity contribution in [2.24, 2.45) is 5.41 Å². The van der Waals surface area contributed by atoms with E-state index in [0.717, 1.165) is 23.8 Å². The zero-order valence-corrected chi connectivity index (χ0v) is 9.84. The molecule has 0 amide bonds. The highest BCUT2D eigenvalue weighted by Crippen LogP contribution is 2.18. The van der Waals surface area contributed by atoms with Crippen LogP contribution < -0.4 is 0 Å². The van der Waals surface area contributed by atoms with Crippen LogP contribution in [0.1, 0.15) is 27.2 Å². The molecule has 0 unspecified atom stereocenters. The highest BCUT2D eigenvalue weighted by Gasteiger charge is 2.05. The maximum Gasteiger partial charge on any atom is 0.0314 e. The molecular weight excluding hydrogens is 188 g/mol. The summed E-state index contributed by atoms with van der Waals surface area (Å²) in [5.74, 6) is 2.92. The van der Waals surface area contributed by atoms with Gasteiger partial charge < -0.3 is 0 Å². The number of halogens is 1. The molecule has 0 fully saturated rings. The highest BCUT2D eigenvalue weighted by molar-refractivity contribution is 7.99. The van der Waals surface area contributed by atoms with Gasteiger partial charge in [0.2, 0.25) is 0 Å². The first-order chi connectivity index (χ1) is 5.56. The van der Waals surface area contributed by atoms with Gasteiger partial charge in [0.25, 0.3) is 0 Å². The van der Waals surface area contributed by atoms with E-state index in [0.29, 0.717) is 5.41 Å². The van der Waals surface area contributed by atoms with Crippen LogP contribution in [-0.4, -0.2) is 17.4 Å². The van der Waals surface area contributed by atoms with E-state index < -0.39 is 0 Å². The Morgan fingerprint density at radius 1 is 1.25 bits per heavy atom. The predicted molar refractivity (Wildman–Crippen MR) is 61.3 cm³/mol. The molecule has 0 aliphatic carbocycles. The molecule has 72 valence electrons. The van der Waals surface area contributed by atoms with Crippen LogP contribution in [0.3, 0.4) is 0 Å². The SMILES string of the molecule is CC(C)(C)C/C=C/CSCCCl. The Balaban J connectivity index is 3.26. The molecule has 0 bridgehead atoms. The third-order valence-electron chi connectivity index (χ3n) is 1.33. The molecule has 12 heavy (non-hydrogen) atoms. The standard InChI is InChI=1S/C10H19ClS/c1-10(2,3)6-4-5-8-12-9-7-11/h4-5H,6-9H2,1-3H3/b5-4+. The number of rotatable bonds is 5. The third kappa shape index (κ3) is 10.4. The highest BCUT2D eigenvalue weighted by atomic mass is 35.5. The molecule has 0 aromatic rings. The Hall–Kier alpha value is 0.380. The van der Waals surface area contributed by atoms with E-state index in [1.54, 1.807) is 0 Å². The summed E-state index contributed by atoms with van der Waals surface area (Å²) in [4.78, 5) is 0. The monoisotopic (exact) mass is 206 g/mol. The van der Waals surface area contributed by atoms with Crippen LogP contribution in [0.2, 0.25) is 0 Å². The number of allylic oxidation sites excluding steroid dienone is 1. The van der Waals surface area contributed by atoms with Crippen molar-refractivity contribution in [2.75, 3.05) is 17.4 Å². The lowest BCUT2D eigenvalue weighted by Gasteiger charge is -2.14. The molecule has 0 aromatic heterocycles. The van der Waals surface area contributed by atoms with Crippen molar-refractivity contribution >= 4 is 23.4 Å². The van der Waals surface area contributed by atoms with Crippen molar-refractivity contribution in [3.8, 4) is 0 Å². The van der Waals surface area contributed by atoms with Gasteiger partial charge in [-0.3, -0.25) is 0 Å². The van der Waals surface area contributed by atoms with E-state index in [4.69, 9.17) is 11.6 Å². The van der Waals surface area contributed by atoms with Crippen molar-refractivity contribution in [3.63, 3.8) is 0 Å². The number of hydrogen-bond acceptors (Lipinski definition) is 1. The maximum absolute atomic E-state index is 5.54. The van der Waals surface area contributed by atoms with Crippen LogP contribution in [-0.2, 0) is 0 Å². The molecule has 0 rings (SSSR count). The predicted octanol–water partition coefficient (Wildman–Crippen LogP) is 3.95. The summed E-state index contributed by atoms with van der Waals surface area (Å²) in [5.41, 5.74) is 0.424. The first-order valence-electron chi connectivity index (χ1n) is 4.35. The quantitative estimate of drug-likeness (QED) is 0.373. The topological polar surface area (TPSA) is 0 Å². The summed E-state index contributed by atoms with van der Waals surface area (Å²) in [6, 6.07) is 0. The van der Waals surface area contributed by atoms with E-state index in [1.807, 2.05) is 11.8 Å². The van der Waals surface area contributed by atoms with Gasteiger partial charge >= 0.3 is 0 Å². The molecule has 0 saturated carbocycles. The lowest BCUT2D eigenvalue weighted by molar-refractivity contribution is 0.420. The molecule has 0 spiro atoms. The van der Waals surface area contributed by atoms with Gasteiger partial charge in [0.05, 0.1) is 0 Å².